The summed E-state index contributed by atoms with van der Waals surface area (Å²) in [5, 5.41) is 3.75. The van der Waals surface area contributed by atoms with Crippen LogP contribution in [0.3, 0.4) is 0 Å². The smallest absolute Gasteiger partial charge is 0.262 e. The third kappa shape index (κ3) is 4.98. The van der Waals surface area contributed by atoms with Crippen LogP contribution >= 0.6 is 11.8 Å². The third-order valence-electron chi connectivity index (χ3n) is 4.78. The molecule has 6 heteroatoms. The van der Waals surface area contributed by atoms with Gasteiger partial charge in [0.25, 0.3) is 5.91 Å². The summed E-state index contributed by atoms with van der Waals surface area (Å²) in [4.78, 5) is 18.3. The number of thioether (sulfide) groups is 1. The van der Waals surface area contributed by atoms with E-state index in [1.165, 1.54) is 0 Å². The Bertz CT molecular complexity index is 1210. The van der Waals surface area contributed by atoms with Crippen LogP contribution in [0.2, 0.25) is 0 Å². The summed E-state index contributed by atoms with van der Waals surface area (Å²) in [7, 11) is 1.64. The highest BCUT2D eigenvalue weighted by molar-refractivity contribution is 7.98. The summed E-state index contributed by atoms with van der Waals surface area (Å²) in [6, 6.07) is 25.0. The van der Waals surface area contributed by atoms with Crippen molar-refractivity contribution in [1.29, 1.82) is 0 Å². The summed E-state index contributed by atoms with van der Waals surface area (Å²) >= 11 is 1.63. The van der Waals surface area contributed by atoms with Gasteiger partial charge in [-0.3, -0.25) is 4.79 Å². The lowest BCUT2D eigenvalue weighted by atomic mass is 10.1. The summed E-state index contributed by atoms with van der Waals surface area (Å²) in [6.07, 6.45) is 2.00. The molecule has 0 atom stereocenters. The molecule has 4 aromatic rings. The van der Waals surface area contributed by atoms with Crippen molar-refractivity contribution in [1.82, 2.24) is 4.98 Å². The molecular formula is C25H22N2O3S. The first-order valence-electron chi connectivity index (χ1n) is 9.77. The molecule has 0 aliphatic rings. The lowest BCUT2D eigenvalue weighted by molar-refractivity contribution is -0.118. The molecule has 0 fully saturated rings. The van der Waals surface area contributed by atoms with Gasteiger partial charge in [0, 0.05) is 27.6 Å². The summed E-state index contributed by atoms with van der Waals surface area (Å²) in [6.45, 7) is -0.0977. The van der Waals surface area contributed by atoms with Gasteiger partial charge in [-0.05, 0) is 60.9 Å². The Balaban J connectivity index is 1.56. The van der Waals surface area contributed by atoms with Gasteiger partial charge in [0.2, 0.25) is 0 Å². The van der Waals surface area contributed by atoms with Crippen molar-refractivity contribution in [2.75, 3.05) is 25.3 Å². The van der Waals surface area contributed by atoms with Crippen molar-refractivity contribution in [2.24, 2.45) is 0 Å². The molecule has 0 saturated carbocycles. The molecule has 0 bridgehead atoms. The number of benzene rings is 3. The molecule has 156 valence electrons. The van der Waals surface area contributed by atoms with E-state index in [1.54, 1.807) is 18.9 Å². The Morgan fingerprint density at radius 3 is 2.58 bits per heavy atom. The number of anilines is 1. The molecule has 1 heterocycles. The molecule has 5 nitrogen and oxygen atoms in total. The van der Waals surface area contributed by atoms with E-state index in [1.807, 2.05) is 85.1 Å². The van der Waals surface area contributed by atoms with Crippen LogP contribution in [0.4, 0.5) is 5.69 Å². The van der Waals surface area contributed by atoms with E-state index < -0.39 is 0 Å². The van der Waals surface area contributed by atoms with Crippen molar-refractivity contribution >= 4 is 34.3 Å². The SMILES string of the molecule is COc1ccc(-c2cc(OCC(=O)Nc3cccc(SC)c3)c3ccccc3n2)cc1. The van der Waals surface area contributed by atoms with Gasteiger partial charge in [0.15, 0.2) is 6.61 Å². The Labute approximate surface area is 185 Å². The first kappa shape index (κ1) is 20.8. The zero-order chi connectivity index (χ0) is 21.6. The number of para-hydroxylation sites is 1. The fourth-order valence-electron chi connectivity index (χ4n) is 3.21. The second-order valence-corrected chi connectivity index (χ2v) is 7.70. The summed E-state index contributed by atoms with van der Waals surface area (Å²) in [5.41, 5.74) is 3.26. The molecular weight excluding hydrogens is 408 g/mol. The van der Waals surface area contributed by atoms with E-state index in [2.05, 4.69) is 5.32 Å². The van der Waals surface area contributed by atoms with E-state index in [0.717, 1.165) is 38.5 Å². The molecule has 1 N–H and O–H groups in total. The highest BCUT2D eigenvalue weighted by atomic mass is 32.2. The maximum atomic E-state index is 12.5. The zero-order valence-electron chi connectivity index (χ0n) is 17.3. The first-order chi connectivity index (χ1) is 15.2. The Hall–Kier alpha value is -3.51. The van der Waals surface area contributed by atoms with Crippen molar-refractivity contribution in [2.45, 2.75) is 4.90 Å². The van der Waals surface area contributed by atoms with Gasteiger partial charge in [-0.1, -0.05) is 18.2 Å². The number of ether oxygens (including phenoxy) is 2. The van der Waals surface area contributed by atoms with Crippen LogP contribution in [-0.4, -0.2) is 30.9 Å². The van der Waals surface area contributed by atoms with Crippen LogP contribution in [0.1, 0.15) is 0 Å². The van der Waals surface area contributed by atoms with Crippen LogP contribution in [0.15, 0.2) is 83.8 Å². The van der Waals surface area contributed by atoms with Gasteiger partial charge in [-0.2, -0.15) is 0 Å². The van der Waals surface area contributed by atoms with Crippen molar-refractivity contribution in [3.8, 4) is 22.8 Å². The average Bonchev–Trinajstić information content (AvgIpc) is 2.82. The third-order valence-corrected chi connectivity index (χ3v) is 5.50. The average molecular weight is 431 g/mol. The maximum Gasteiger partial charge on any atom is 0.262 e. The number of aromatic nitrogens is 1. The molecule has 0 unspecified atom stereocenters. The van der Waals surface area contributed by atoms with Crippen LogP contribution in [0, 0.1) is 0 Å². The number of hydrogen-bond acceptors (Lipinski definition) is 5. The fraction of sp³-hybridized carbons (Fsp3) is 0.120. The number of amides is 1. The van der Waals surface area contributed by atoms with E-state index in [-0.39, 0.29) is 12.5 Å². The van der Waals surface area contributed by atoms with Gasteiger partial charge in [0.05, 0.1) is 18.3 Å². The number of methoxy groups -OCH3 is 1. The van der Waals surface area contributed by atoms with Gasteiger partial charge >= 0.3 is 0 Å². The monoisotopic (exact) mass is 430 g/mol. The Morgan fingerprint density at radius 1 is 1.00 bits per heavy atom. The van der Waals surface area contributed by atoms with Gasteiger partial charge in [-0.25, -0.2) is 4.98 Å². The summed E-state index contributed by atoms with van der Waals surface area (Å²) < 4.78 is 11.2. The molecule has 0 aliphatic heterocycles. The molecule has 0 aliphatic carbocycles. The van der Waals surface area contributed by atoms with E-state index in [9.17, 15) is 4.79 Å². The summed E-state index contributed by atoms with van der Waals surface area (Å²) in [5.74, 6) is 1.18. The fourth-order valence-corrected chi connectivity index (χ4v) is 3.67. The van der Waals surface area contributed by atoms with Crippen LogP contribution < -0.4 is 14.8 Å². The van der Waals surface area contributed by atoms with Crippen LogP contribution in [-0.2, 0) is 4.79 Å². The first-order valence-corrected chi connectivity index (χ1v) is 11.0. The zero-order valence-corrected chi connectivity index (χ0v) is 18.1. The minimum Gasteiger partial charge on any atom is -0.497 e. The number of fused-ring (bicyclic) bond motifs is 1. The van der Waals surface area contributed by atoms with Gasteiger partial charge in [-0.15, -0.1) is 11.8 Å². The van der Waals surface area contributed by atoms with Crippen LogP contribution in [0.5, 0.6) is 11.5 Å². The van der Waals surface area contributed by atoms with E-state index in [0.29, 0.717) is 5.75 Å². The van der Waals surface area contributed by atoms with Crippen molar-refractivity contribution < 1.29 is 14.3 Å². The number of pyridine rings is 1. The molecule has 0 saturated heterocycles. The topological polar surface area (TPSA) is 60.5 Å². The van der Waals surface area contributed by atoms with Crippen molar-refractivity contribution in [3.63, 3.8) is 0 Å². The minimum atomic E-state index is -0.217. The Kier molecular flexibility index (Phi) is 6.38. The lowest BCUT2D eigenvalue weighted by Gasteiger charge is -2.12. The quantitative estimate of drug-likeness (QED) is 0.384. The normalized spacial score (nSPS) is 10.6. The number of nitrogens with zero attached hydrogens (tertiary/aromatic N) is 1. The lowest BCUT2D eigenvalue weighted by Crippen LogP contribution is -2.20. The molecule has 1 aromatic heterocycles. The number of rotatable bonds is 7. The van der Waals surface area contributed by atoms with Crippen molar-refractivity contribution in [3.05, 3.63) is 78.9 Å². The molecule has 3 aromatic carbocycles. The highest BCUT2D eigenvalue weighted by Gasteiger charge is 2.11. The minimum absolute atomic E-state index is 0.0977. The molecule has 0 radical (unpaired) electrons. The highest BCUT2D eigenvalue weighted by Crippen LogP contribution is 2.31. The van der Waals surface area contributed by atoms with E-state index in [4.69, 9.17) is 14.5 Å². The van der Waals surface area contributed by atoms with Gasteiger partial charge in [0.1, 0.15) is 11.5 Å². The predicted molar refractivity (Wildman–Crippen MR) is 126 cm³/mol. The standard InChI is InChI=1S/C25H22N2O3S/c1-29-19-12-10-17(11-13-19)23-15-24(21-8-3-4-9-22(21)27-23)30-16-25(28)26-18-6-5-7-20(14-18)31-2/h3-15H,16H2,1-2H3,(H,26,28). The molecule has 31 heavy (non-hydrogen) atoms. The predicted octanol–water partition coefficient (Wildman–Crippen LogP) is 5.65. The second-order valence-electron chi connectivity index (χ2n) is 6.82. The number of carbonyl (C=O) groups is 1. The molecule has 1 amide bonds. The largest absolute Gasteiger partial charge is 0.497 e. The number of hydrogen-bond donors (Lipinski definition) is 1. The van der Waals surface area contributed by atoms with Crippen LogP contribution in [0.25, 0.3) is 22.2 Å². The van der Waals surface area contributed by atoms with E-state index >= 15 is 0 Å². The van der Waals surface area contributed by atoms with Gasteiger partial charge < -0.3 is 14.8 Å². The molecule has 4 rings (SSSR count). The second kappa shape index (κ2) is 9.53. The molecule has 0 spiro atoms. The Morgan fingerprint density at radius 2 is 1.81 bits per heavy atom. The number of nitrogens with one attached hydrogen (secondary N) is 1. The maximum absolute atomic E-state index is 12.5. The number of carbonyl (C=O) groups excluding carboxylic acids is 1.